The first-order valence-electron chi connectivity index (χ1n) is 11.7. The fraction of sp³-hybridized carbons (Fsp3) is 0.320. The van der Waals surface area contributed by atoms with E-state index in [0.717, 1.165) is 18.8 Å². The average Bonchev–Trinajstić information content (AvgIpc) is 2.91. The molecule has 3 heterocycles. The van der Waals surface area contributed by atoms with Crippen LogP contribution in [0.4, 0.5) is 27.3 Å². The lowest BCUT2D eigenvalue weighted by Crippen LogP contribution is -2.37. The number of nitrogens with zero attached hydrogens (tertiary/aromatic N) is 4. The van der Waals surface area contributed by atoms with Crippen LogP contribution >= 0.6 is 23.2 Å². The molecule has 188 valence electrons. The maximum absolute atomic E-state index is 14.2. The minimum Gasteiger partial charge on any atom is -0.378 e. The highest BCUT2D eigenvalue weighted by Crippen LogP contribution is 2.40. The van der Waals surface area contributed by atoms with Crippen molar-refractivity contribution in [2.75, 3.05) is 59.8 Å². The van der Waals surface area contributed by atoms with Gasteiger partial charge in [0.15, 0.2) is 11.5 Å². The van der Waals surface area contributed by atoms with E-state index in [9.17, 15) is 9.18 Å². The summed E-state index contributed by atoms with van der Waals surface area (Å²) in [7, 11) is 0. The number of anilines is 4. The van der Waals surface area contributed by atoms with Gasteiger partial charge in [-0.15, -0.1) is 10.2 Å². The molecule has 5 rings (SSSR count). The number of ether oxygens (including phenoxy) is 1. The second-order valence-corrected chi connectivity index (χ2v) is 9.40. The summed E-state index contributed by atoms with van der Waals surface area (Å²) in [5.41, 5.74) is 3.03. The van der Waals surface area contributed by atoms with Crippen molar-refractivity contribution in [3.05, 3.63) is 69.6 Å². The molecule has 36 heavy (non-hydrogen) atoms. The number of hydrogen-bond donors (Lipinski definition) is 2. The molecule has 11 heteroatoms. The Bertz CT molecular complexity index is 1270. The van der Waals surface area contributed by atoms with E-state index in [0.29, 0.717) is 54.1 Å². The van der Waals surface area contributed by atoms with E-state index in [4.69, 9.17) is 27.9 Å². The molecule has 0 spiro atoms. The maximum atomic E-state index is 14.2. The van der Waals surface area contributed by atoms with Crippen molar-refractivity contribution in [3.63, 3.8) is 0 Å². The summed E-state index contributed by atoms with van der Waals surface area (Å²) in [5.74, 6) is -0.390. The van der Waals surface area contributed by atoms with Gasteiger partial charge in [-0.25, -0.2) is 4.39 Å². The number of benzene rings is 2. The highest BCUT2D eigenvalue weighted by atomic mass is 35.5. The molecule has 2 N–H and O–H groups in total. The molecule has 0 bridgehead atoms. The number of carbonyl (C=O) groups excluding carboxylic acids is 1. The van der Waals surface area contributed by atoms with Crippen molar-refractivity contribution in [2.24, 2.45) is 0 Å². The van der Waals surface area contributed by atoms with Crippen molar-refractivity contribution in [1.29, 1.82) is 0 Å². The predicted octanol–water partition coefficient (Wildman–Crippen LogP) is 5.00. The standard InChI is InChI=1S/C25H25Cl2FN6O2/c1-15(22-18(26)6-7-19(28)23(22)27)34-9-8-29-24-21(34)14-20(31-32-24)25(35)30-16-2-4-17(5-3-16)33-10-12-36-13-11-33/h2-7,14-15H,8-13H2,1H3,(H,29,32)(H,30,35)/t15-/m1/s1. The molecule has 2 aromatic carbocycles. The quantitative estimate of drug-likeness (QED) is 0.449. The number of hydrogen-bond acceptors (Lipinski definition) is 7. The number of fused-ring (bicyclic) bond motifs is 1. The van der Waals surface area contributed by atoms with E-state index in [1.807, 2.05) is 36.1 Å². The van der Waals surface area contributed by atoms with E-state index in [1.54, 1.807) is 6.07 Å². The van der Waals surface area contributed by atoms with Gasteiger partial charge in [0.1, 0.15) is 5.82 Å². The molecule has 2 aliphatic heterocycles. The van der Waals surface area contributed by atoms with Crippen molar-refractivity contribution in [1.82, 2.24) is 10.2 Å². The number of morpholine rings is 1. The molecular weight excluding hydrogens is 506 g/mol. The number of carbonyl (C=O) groups is 1. The SMILES string of the molecule is C[C@H](c1c(Cl)ccc(F)c1Cl)N1CCNc2nnc(C(=O)Nc3ccc(N4CCOCC4)cc3)cc21. The van der Waals surface area contributed by atoms with Crippen molar-refractivity contribution in [2.45, 2.75) is 13.0 Å². The average molecular weight is 531 g/mol. The highest BCUT2D eigenvalue weighted by molar-refractivity contribution is 6.36. The number of aromatic nitrogens is 2. The molecule has 2 aliphatic rings. The topological polar surface area (TPSA) is 82.6 Å². The first kappa shape index (κ1) is 24.5. The van der Waals surface area contributed by atoms with Gasteiger partial charge in [-0.3, -0.25) is 4.79 Å². The summed E-state index contributed by atoms with van der Waals surface area (Å²) < 4.78 is 19.6. The summed E-state index contributed by atoms with van der Waals surface area (Å²) in [6, 6.07) is 11.7. The summed E-state index contributed by atoms with van der Waals surface area (Å²) in [5, 5.41) is 14.8. The molecular formula is C25H25Cl2FN6O2. The van der Waals surface area contributed by atoms with E-state index in [-0.39, 0.29) is 22.7 Å². The molecule has 3 aromatic rings. The largest absolute Gasteiger partial charge is 0.378 e. The third-order valence-corrected chi connectivity index (χ3v) is 7.14. The first-order chi connectivity index (χ1) is 17.4. The van der Waals surface area contributed by atoms with Crippen molar-refractivity contribution >= 4 is 52.0 Å². The summed E-state index contributed by atoms with van der Waals surface area (Å²) in [4.78, 5) is 17.2. The highest BCUT2D eigenvalue weighted by Gasteiger charge is 2.28. The normalized spacial score (nSPS) is 16.2. The van der Waals surface area contributed by atoms with Crippen LogP contribution in [0.1, 0.15) is 29.0 Å². The number of amides is 1. The Hall–Kier alpha value is -3.14. The molecule has 1 aromatic heterocycles. The second kappa shape index (κ2) is 10.5. The molecule has 8 nitrogen and oxygen atoms in total. The van der Waals surface area contributed by atoms with Gasteiger partial charge >= 0.3 is 0 Å². The van der Waals surface area contributed by atoms with Gasteiger partial charge in [0.25, 0.3) is 5.91 Å². The summed E-state index contributed by atoms with van der Waals surface area (Å²) in [6.07, 6.45) is 0. The molecule has 0 saturated carbocycles. The van der Waals surface area contributed by atoms with Crippen LogP contribution in [0.25, 0.3) is 0 Å². The van der Waals surface area contributed by atoms with Crippen LogP contribution in [0.15, 0.2) is 42.5 Å². The molecule has 0 unspecified atom stereocenters. The zero-order chi connectivity index (χ0) is 25.2. The lowest BCUT2D eigenvalue weighted by molar-refractivity contribution is 0.102. The van der Waals surface area contributed by atoms with E-state index >= 15 is 0 Å². The molecule has 0 radical (unpaired) electrons. The van der Waals surface area contributed by atoms with Gasteiger partial charge in [-0.2, -0.15) is 0 Å². The van der Waals surface area contributed by atoms with Crippen LogP contribution in [-0.4, -0.2) is 55.5 Å². The molecule has 0 aliphatic carbocycles. The lowest BCUT2D eigenvalue weighted by atomic mass is 10.0. The van der Waals surface area contributed by atoms with Crippen LogP contribution in [0, 0.1) is 5.82 Å². The number of halogens is 3. The Morgan fingerprint density at radius 2 is 1.86 bits per heavy atom. The lowest BCUT2D eigenvalue weighted by Gasteiger charge is -2.36. The maximum Gasteiger partial charge on any atom is 0.276 e. The van der Waals surface area contributed by atoms with Crippen LogP contribution in [0.5, 0.6) is 0 Å². The van der Waals surface area contributed by atoms with Crippen LogP contribution < -0.4 is 20.4 Å². The van der Waals surface area contributed by atoms with E-state index in [1.165, 1.54) is 12.1 Å². The smallest absolute Gasteiger partial charge is 0.276 e. The third-order valence-electron chi connectivity index (χ3n) is 6.43. The molecule has 1 fully saturated rings. The van der Waals surface area contributed by atoms with Crippen LogP contribution in [0.2, 0.25) is 10.0 Å². The Morgan fingerprint density at radius 3 is 2.61 bits per heavy atom. The van der Waals surface area contributed by atoms with Gasteiger partial charge in [0.2, 0.25) is 0 Å². The third kappa shape index (κ3) is 4.91. The summed E-state index contributed by atoms with van der Waals surface area (Å²) >= 11 is 12.6. The van der Waals surface area contributed by atoms with Gasteiger partial charge in [-0.05, 0) is 49.4 Å². The van der Waals surface area contributed by atoms with Crippen molar-refractivity contribution < 1.29 is 13.9 Å². The van der Waals surface area contributed by atoms with Gasteiger partial charge < -0.3 is 25.2 Å². The number of nitrogens with one attached hydrogen (secondary N) is 2. The monoisotopic (exact) mass is 530 g/mol. The van der Waals surface area contributed by atoms with E-state index < -0.39 is 5.82 Å². The first-order valence-corrected chi connectivity index (χ1v) is 12.4. The Balaban J connectivity index is 1.36. The number of rotatable bonds is 5. The van der Waals surface area contributed by atoms with Crippen LogP contribution in [0.3, 0.4) is 0 Å². The fourth-order valence-electron chi connectivity index (χ4n) is 4.51. The van der Waals surface area contributed by atoms with Gasteiger partial charge in [0, 0.05) is 48.1 Å². The van der Waals surface area contributed by atoms with E-state index in [2.05, 4.69) is 25.7 Å². The van der Waals surface area contributed by atoms with Gasteiger partial charge in [0.05, 0.1) is 30.0 Å². The van der Waals surface area contributed by atoms with Crippen LogP contribution in [-0.2, 0) is 4.74 Å². The molecule has 1 amide bonds. The Labute approximate surface area is 218 Å². The summed E-state index contributed by atoms with van der Waals surface area (Å²) in [6.45, 7) is 6.15. The van der Waals surface area contributed by atoms with Crippen molar-refractivity contribution in [3.8, 4) is 0 Å². The minimum atomic E-state index is -0.536. The zero-order valence-corrected chi connectivity index (χ0v) is 21.1. The molecule has 1 atom stereocenters. The molecule has 1 saturated heterocycles. The predicted molar refractivity (Wildman–Crippen MR) is 140 cm³/mol. The Morgan fingerprint density at radius 1 is 1.11 bits per heavy atom. The zero-order valence-electron chi connectivity index (χ0n) is 19.6. The van der Waals surface area contributed by atoms with Gasteiger partial charge in [-0.1, -0.05) is 23.2 Å². The minimum absolute atomic E-state index is 0.0180. The Kier molecular flexibility index (Phi) is 7.13. The fourth-order valence-corrected chi connectivity index (χ4v) is 5.20. The second-order valence-electron chi connectivity index (χ2n) is 8.62.